The number of carbonyl (C=O) groups excluding carboxylic acids is 2. The minimum Gasteiger partial charge on any atom is -0.494 e. The monoisotopic (exact) mass is 346 g/mol. The molecule has 25 heavy (non-hydrogen) atoms. The fourth-order valence-electron chi connectivity index (χ4n) is 3.07. The van der Waals surface area contributed by atoms with Gasteiger partial charge in [-0.05, 0) is 42.4 Å². The van der Waals surface area contributed by atoms with Gasteiger partial charge in [-0.2, -0.15) is 0 Å². The van der Waals surface area contributed by atoms with Crippen LogP contribution in [0.15, 0.2) is 24.3 Å². The molecule has 0 spiro atoms. The highest BCUT2D eigenvalue weighted by Gasteiger charge is 2.48. The van der Waals surface area contributed by atoms with Gasteiger partial charge in [-0.3, -0.25) is 9.69 Å². The van der Waals surface area contributed by atoms with Crippen molar-refractivity contribution in [1.82, 2.24) is 10.2 Å². The molecule has 5 heteroatoms. The lowest BCUT2D eigenvalue weighted by molar-refractivity contribution is -0.131. The van der Waals surface area contributed by atoms with Crippen LogP contribution in [0.4, 0.5) is 4.79 Å². The van der Waals surface area contributed by atoms with Crippen LogP contribution in [-0.2, 0) is 10.2 Å². The Morgan fingerprint density at radius 3 is 2.16 bits per heavy atom. The lowest BCUT2D eigenvalue weighted by Gasteiger charge is -2.23. The molecule has 1 fully saturated rings. The van der Waals surface area contributed by atoms with Crippen LogP contribution >= 0.6 is 0 Å². The second-order valence-electron chi connectivity index (χ2n) is 7.65. The number of urea groups is 1. The molecule has 1 aromatic carbocycles. The first-order valence-electron chi connectivity index (χ1n) is 9.11. The van der Waals surface area contributed by atoms with E-state index < -0.39 is 5.54 Å². The Balaban J connectivity index is 1.83. The average Bonchev–Trinajstić information content (AvgIpc) is 2.82. The summed E-state index contributed by atoms with van der Waals surface area (Å²) in [6, 6.07) is 7.79. The average molecular weight is 346 g/mol. The Morgan fingerprint density at radius 2 is 1.68 bits per heavy atom. The van der Waals surface area contributed by atoms with E-state index in [9.17, 15) is 9.59 Å². The molecule has 5 nitrogen and oxygen atoms in total. The second-order valence-corrected chi connectivity index (χ2v) is 7.65. The number of benzene rings is 1. The van der Waals surface area contributed by atoms with E-state index in [-0.39, 0.29) is 17.4 Å². The van der Waals surface area contributed by atoms with Crippen LogP contribution in [0.1, 0.15) is 59.4 Å². The number of nitrogens with zero attached hydrogens (tertiary/aromatic N) is 1. The fraction of sp³-hybridized carbons (Fsp3) is 0.600. The third kappa shape index (κ3) is 4.14. The van der Waals surface area contributed by atoms with E-state index >= 15 is 0 Å². The first kappa shape index (κ1) is 19.3. The number of ether oxygens (including phenoxy) is 1. The predicted octanol–water partition coefficient (Wildman–Crippen LogP) is 3.86. The van der Waals surface area contributed by atoms with Crippen molar-refractivity contribution in [2.24, 2.45) is 0 Å². The highest BCUT2D eigenvalue weighted by Crippen LogP contribution is 2.26. The van der Waals surface area contributed by atoms with Crippen molar-refractivity contribution in [3.8, 4) is 5.75 Å². The number of nitrogens with one attached hydrogen (secondary N) is 1. The molecule has 0 saturated carbocycles. The molecule has 1 aliphatic heterocycles. The maximum absolute atomic E-state index is 12.5. The van der Waals surface area contributed by atoms with E-state index in [0.29, 0.717) is 32.4 Å². The van der Waals surface area contributed by atoms with Crippen molar-refractivity contribution in [3.63, 3.8) is 0 Å². The largest absolute Gasteiger partial charge is 0.494 e. The van der Waals surface area contributed by atoms with Crippen molar-refractivity contribution < 1.29 is 14.3 Å². The van der Waals surface area contributed by atoms with Crippen molar-refractivity contribution in [1.29, 1.82) is 0 Å². The minimum absolute atomic E-state index is 0.114. The molecule has 1 heterocycles. The maximum Gasteiger partial charge on any atom is 0.325 e. The quantitative estimate of drug-likeness (QED) is 0.602. The third-order valence-electron chi connectivity index (χ3n) is 4.97. The zero-order valence-corrected chi connectivity index (χ0v) is 16.0. The van der Waals surface area contributed by atoms with E-state index in [0.717, 1.165) is 5.75 Å². The Kier molecular flexibility index (Phi) is 5.76. The summed E-state index contributed by atoms with van der Waals surface area (Å²) in [7, 11) is 0. The highest BCUT2D eigenvalue weighted by molar-refractivity contribution is 6.06. The summed E-state index contributed by atoms with van der Waals surface area (Å²) in [4.78, 5) is 25.9. The molecule has 138 valence electrons. The van der Waals surface area contributed by atoms with Gasteiger partial charge in [-0.15, -0.1) is 0 Å². The van der Waals surface area contributed by atoms with Crippen LogP contribution in [-0.4, -0.2) is 35.5 Å². The molecule has 0 bridgehead atoms. The Hall–Kier alpha value is -2.04. The number of hydrogen-bond acceptors (Lipinski definition) is 3. The molecule has 0 radical (unpaired) electrons. The van der Waals surface area contributed by atoms with Gasteiger partial charge in [0.25, 0.3) is 5.91 Å². The standard InChI is InChI=1S/C20H30N2O3/c1-6-20(7-2)17(23)22(18(24)21-20)13-8-14-25-16-11-9-15(10-12-16)19(3,4)5/h9-12H,6-8,13-14H2,1-5H3,(H,21,24). The lowest BCUT2D eigenvalue weighted by atomic mass is 9.87. The molecule has 1 aliphatic rings. The van der Waals surface area contributed by atoms with Crippen molar-refractivity contribution in [2.75, 3.05) is 13.2 Å². The van der Waals surface area contributed by atoms with Gasteiger partial charge in [0.2, 0.25) is 0 Å². The van der Waals surface area contributed by atoms with Crippen molar-refractivity contribution in [2.45, 2.75) is 64.8 Å². The van der Waals surface area contributed by atoms with Gasteiger partial charge in [-0.1, -0.05) is 46.8 Å². The summed E-state index contributed by atoms with van der Waals surface area (Å²) >= 11 is 0. The molecule has 1 N–H and O–H groups in total. The lowest BCUT2D eigenvalue weighted by Crippen LogP contribution is -2.45. The molecule has 2 rings (SSSR count). The summed E-state index contributed by atoms with van der Waals surface area (Å²) in [5.41, 5.74) is 0.656. The number of imide groups is 1. The first-order valence-corrected chi connectivity index (χ1v) is 9.11. The smallest absolute Gasteiger partial charge is 0.325 e. The maximum atomic E-state index is 12.5. The summed E-state index contributed by atoms with van der Waals surface area (Å²) in [6.07, 6.45) is 1.84. The zero-order chi connectivity index (χ0) is 18.7. The summed E-state index contributed by atoms with van der Waals surface area (Å²) in [5, 5.41) is 2.84. The van der Waals surface area contributed by atoms with Crippen molar-refractivity contribution in [3.05, 3.63) is 29.8 Å². The summed E-state index contributed by atoms with van der Waals surface area (Å²) in [5.74, 6) is 0.693. The summed E-state index contributed by atoms with van der Waals surface area (Å²) in [6.45, 7) is 11.2. The fourth-order valence-corrected chi connectivity index (χ4v) is 3.07. The molecular formula is C20H30N2O3. The van der Waals surface area contributed by atoms with E-state index in [4.69, 9.17) is 4.74 Å². The van der Waals surface area contributed by atoms with Gasteiger partial charge in [0, 0.05) is 6.54 Å². The van der Waals surface area contributed by atoms with Gasteiger partial charge < -0.3 is 10.1 Å². The number of carbonyl (C=O) groups is 2. The van der Waals surface area contributed by atoms with Crippen LogP contribution in [0.3, 0.4) is 0 Å². The third-order valence-corrected chi connectivity index (χ3v) is 4.97. The molecule has 0 atom stereocenters. The second kappa shape index (κ2) is 7.46. The van der Waals surface area contributed by atoms with E-state index in [1.54, 1.807) is 0 Å². The van der Waals surface area contributed by atoms with Crippen LogP contribution in [0.2, 0.25) is 0 Å². The van der Waals surface area contributed by atoms with Crippen molar-refractivity contribution >= 4 is 11.9 Å². The Bertz CT molecular complexity index is 613. The number of hydrogen-bond donors (Lipinski definition) is 1. The topological polar surface area (TPSA) is 58.6 Å². The molecule has 1 aromatic rings. The van der Waals surface area contributed by atoms with Crippen LogP contribution < -0.4 is 10.1 Å². The Morgan fingerprint density at radius 1 is 1.08 bits per heavy atom. The van der Waals surface area contributed by atoms with Crippen LogP contribution in [0, 0.1) is 0 Å². The van der Waals surface area contributed by atoms with Gasteiger partial charge in [0.05, 0.1) is 6.61 Å². The zero-order valence-electron chi connectivity index (χ0n) is 16.0. The number of rotatable bonds is 7. The predicted molar refractivity (Wildman–Crippen MR) is 98.8 cm³/mol. The van der Waals surface area contributed by atoms with Gasteiger partial charge >= 0.3 is 6.03 Å². The SMILES string of the molecule is CCC1(CC)NC(=O)N(CCCOc2ccc(C(C)(C)C)cc2)C1=O. The molecule has 3 amide bonds. The van der Waals surface area contributed by atoms with Gasteiger partial charge in [-0.25, -0.2) is 4.79 Å². The molecular weight excluding hydrogens is 316 g/mol. The molecule has 0 aliphatic carbocycles. The molecule has 0 aromatic heterocycles. The Labute approximate surface area is 150 Å². The normalized spacial score (nSPS) is 16.9. The van der Waals surface area contributed by atoms with E-state index in [1.165, 1.54) is 10.5 Å². The van der Waals surface area contributed by atoms with E-state index in [1.807, 2.05) is 26.0 Å². The molecule has 1 saturated heterocycles. The van der Waals surface area contributed by atoms with Crippen LogP contribution in [0.5, 0.6) is 5.75 Å². The molecule has 0 unspecified atom stereocenters. The van der Waals surface area contributed by atoms with Gasteiger partial charge in [0.1, 0.15) is 11.3 Å². The minimum atomic E-state index is -0.722. The first-order chi connectivity index (χ1) is 11.7. The number of amides is 3. The van der Waals surface area contributed by atoms with E-state index in [2.05, 4.69) is 38.2 Å². The van der Waals surface area contributed by atoms with Crippen LogP contribution in [0.25, 0.3) is 0 Å². The highest BCUT2D eigenvalue weighted by atomic mass is 16.5. The summed E-state index contributed by atoms with van der Waals surface area (Å²) < 4.78 is 5.74. The van der Waals surface area contributed by atoms with Gasteiger partial charge in [0.15, 0.2) is 0 Å².